The van der Waals surface area contributed by atoms with Crippen LogP contribution in [0.25, 0.3) is 0 Å². The van der Waals surface area contributed by atoms with E-state index in [1.807, 2.05) is 0 Å². The third kappa shape index (κ3) is 3.02. The average molecular weight is 551 g/mol. The van der Waals surface area contributed by atoms with E-state index < -0.39 is 0 Å². The summed E-state index contributed by atoms with van der Waals surface area (Å²) >= 11 is 0. The van der Waals surface area contributed by atoms with Crippen LogP contribution in [-0.2, 0) is 0 Å². The van der Waals surface area contributed by atoms with Crippen LogP contribution in [0, 0.1) is 11.8 Å². The Hall–Kier alpha value is -4.18. The summed E-state index contributed by atoms with van der Waals surface area (Å²) in [5.41, 5.74) is 11.5. The Balaban J connectivity index is 1.34. The Morgan fingerprint density at radius 3 is 1.10 bits per heavy atom. The first-order chi connectivity index (χ1) is 20.5. The molecule has 0 fully saturated rings. The third-order valence-electron chi connectivity index (χ3n) is 10.6. The Morgan fingerprint density at radius 1 is 0.452 bits per heavy atom. The van der Waals surface area contributed by atoms with Gasteiger partial charge in [0.15, 0.2) is 11.6 Å². The second kappa shape index (κ2) is 8.67. The Bertz CT molecular complexity index is 1590. The molecule has 4 heteroatoms. The Kier molecular flexibility index (Phi) is 5.04. The molecular weight excluding hydrogens is 512 g/mol. The monoisotopic (exact) mass is 550 g/mol. The second-order valence-corrected chi connectivity index (χ2v) is 13.3. The maximum absolute atomic E-state index is 2.71. The van der Waals surface area contributed by atoms with Gasteiger partial charge in [-0.3, -0.25) is 0 Å². The summed E-state index contributed by atoms with van der Waals surface area (Å²) in [4.78, 5) is 10.6. The normalized spacial score (nSPS) is 26.3. The molecule has 0 spiro atoms. The minimum absolute atomic E-state index is 0.331. The largest absolute Gasteiger partial charge is 0.323 e. The van der Waals surface area contributed by atoms with Crippen molar-refractivity contribution in [3.8, 4) is 0 Å². The van der Waals surface area contributed by atoms with Crippen molar-refractivity contribution in [1.29, 1.82) is 0 Å². The molecule has 3 heterocycles. The lowest BCUT2D eigenvalue weighted by molar-refractivity contribution is 0.236. The van der Waals surface area contributed by atoms with Gasteiger partial charge in [0.25, 0.3) is 0 Å². The van der Waals surface area contributed by atoms with E-state index in [1.54, 1.807) is 22.3 Å². The van der Waals surface area contributed by atoms with E-state index in [0.717, 1.165) is 13.1 Å². The van der Waals surface area contributed by atoms with Crippen LogP contribution in [0.5, 0.6) is 0 Å². The number of rotatable bonds is 2. The number of para-hydroxylation sites is 4. The fourth-order valence-corrected chi connectivity index (χ4v) is 9.19. The highest BCUT2D eigenvalue weighted by atomic mass is 15.5. The molecule has 6 aliphatic rings. The van der Waals surface area contributed by atoms with E-state index in [4.69, 9.17) is 0 Å². The third-order valence-corrected chi connectivity index (χ3v) is 10.6. The second-order valence-electron chi connectivity index (χ2n) is 13.3. The van der Waals surface area contributed by atoms with Crippen molar-refractivity contribution in [3.05, 3.63) is 131 Å². The van der Waals surface area contributed by atoms with Crippen LogP contribution in [0.4, 0.5) is 22.7 Å². The van der Waals surface area contributed by atoms with Crippen molar-refractivity contribution >= 4 is 22.7 Å². The molecule has 10 rings (SSSR count). The molecule has 0 amide bonds. The van der Waals surface area contributed by atoms with Crippen LogP contribution >= 0.6 is 0 Å². The zero-order valence-electron chi connectivity index (χ0n) is 24.9. The molecule has 3 aliphatic carbocycles. The molecule has 4 nitrogen and oxygen atoms in total. The van der Waals surface area contributed by atoms with Crippen molar-refractivity contribution in [3.63, 3.8) is 0 Å². The lowest BCUT2D eigenvalue weighted by Crippen LogP contribution is -2.53. The molecule has 210 valence electrons. The van der Waals surface area contributed by atoms with Crippen molar-refractivity contribution in [1.82, 2.24) is 0 Å². The minimum Gasteiger partial charge on any atom is -0.323 e. The molecule has 3 aliphatic heterocycles. The van der Waals surface area contributed by atoms with Crippen LogP contribution in [0.3, 0.4) is 0 Å². The van der Waals surface area contributed by atoms with Gasteiger partial charge in [0.05, 0.1) is 22.7 Å². The zero-order chi connectivity index (χ0) is 28.3. The molecule has 2 atom stereocenters. The van der Waals surface area contributed by atoms with Crippen molar-refractivity contribution in [2.24, 2.45) is 11.8 Å². The predicted octanol–water partition coefficient (Wildman–Crippen LogP) is 8.12. The molecule has 4 aromatic rings. The lowest BCUT2D eigenvalue weighted by Gasteiger charge is -2.54. The predicted molar refractivity (Wildman–Crippen MR) is 173 cm³/mol. The average Bonchev–Trinajstić information content (AvgIpc) is 3.49. The SMILES string of the molecule is CC(C)N1/C2=C3/N(C[C@H]4C5c6ccccc6C(c6ccccc65)[C@@H]4CN2c2ccccc21)c1ccccc1N3C(C)C. The number of hydrogen-bond acceptors (Lipinski definition) is 4. The smallest absolute Gasteiger partial charge is 0.156 e. The van der Waals surface area contributed by atoms with E-state index in [1.165, 1.54) is 34.4 Å². The molecule has 4 aromatic carbocycles. The number of benzene rings is 4. The van der Waals surface area contributed by atoms with Crippen LogP contribution in [0.15, 0.2) is 109 Å². The highest BCUT2D eigenvalue weighted by Crippen LogP contribution is 2.61. The van der Waals surface area contributed by atoms with Gasteiger partial charge in [0.1, 0.15) is 0 Å². The molecule has 0 N–H and O–H groups in total. The highest BCUT2D eigenvalue weighted by molar-refractivity contribution is 5.90. The van der Waals surface area contributed by atoms with Gasteiger partial charge in [0.2, 0.25) is 0 Å². The molecular formula is C38H38N4. The van der Waals surface area contributed by atoms with Crippen LogP contribution in [-0.4, -0.2) is 25.2 Å². The first-order valence-electron chi connectivity index (χ1n) is 15.8. The molecule has 2 bridgehead atoms. The highest BCUT2D eigenvalue weighted by Gasteiger charge is 2.54. The van der Waals surface area contributed by atoms with Crippen LogP contribution in [0.1, 0.15) is 61.8 Å². The Morgan fingerprint density at radius 2 is 0.762 bits per heavy atom. The van der Waals surface area contributed by atoms with Crippen molar-refractivity contribution < 1.29 is 0 Å². The van der Waals surface area contributed by atoms with E-state index in [9.17, 15) is 0 Å². The molecule has 0 saturated carbocycles. The van der Waals surface area contributed by atoms with E-state index in [2.05, 4.69) is 144 Å². The molecule has 0 aromatic heterocycles. The standard InChI is InChI=1S/C38H38N4/c1-23(2)41-33-19-11-9-17-31(33)39-21-29-30(22-40-32-18-10-12-20-34(32)42(24(3)4)38(40)37(39)41)36-27-15-7-5-13-25(27)35(29)26-14-6-8-16-28(26)36/h5-20,23-24,29-30,35-36H,21-22H2,1-4H3/b38-37-/t29-,30-,35?,36?/m1/s1. The molecule has 0 radical (unpaired) electrons. The van der Waals surface area contributed by atoms with Gasteiger partial charge in [0, 0.05) is 37.0 Å². The molecule has 0 unspecified atom stereocenters. The van der Waals surface area contributed by atoms with Crippen molar-refractivity contribution in [2.45, 2.75) is 51.6 Å². The van der Waals surface area contributed by atoms with Crippen molar-refractivity contribution in [2.75, 3.05) is 32.7 Å². The number of hydrogen-bond donors (Lipinski definition) is 0. The maximum Gasteiger partial charge on any atom is 0.156 e. The first kappa shape index (κ1) is 24.4. The van der Waals surface area contributed by atoms with E-state index in [0.29, 0.717) is 35.8 Å². The molecule has 0 saturated heterocycles. The summed E-state index contributed by atoms with van der Waals surface area (Å²) in [6.07, 6.45) is 0. The topological polar surface area (TPSA) is 13.0 Å². The fourth-order valence-electron chi connectivity index (χ4n) is 9.19. The summed E-state index contributed by atoms with van der Waals surface area (Å²) in [6.45, 7) is 11.4. The van der Waals surface area contributed by atoms with E-state index in [-0.39, 0.29) is 0 Å². The lowest BCUT2D eigenvalue weighted by atomic mass is 9.54. The quantitative estimate of drug-likeness (QED) is 0.250. The van der Waals surface area contributed by atoms with Crippen LogP contribution in [0.2, 0.25) is 0 Å². The Labute approximate surface area is 249 Å². The summed E-state index contributed by atoms with van der Waals surface area (Å²) < 4.78 is 0. The number of nitrogens with zero attached hydrogens (tertiary/aromatic N) is 4. The number of fused-ring (bicyclic) bond motifs is 6. The summed E-state index contributed by atoms with van der Waals surface area (Å²) in [5, 5.41) is 0. The fraction of sp³-hybridized carbons (Fsp3) is 0.316. The van der Waals surface area contributed by atoms with E-state index >= 15 is 0 Å². The van der Waals surface area contributed by atoms with Crippen LogP contribution < -0.4 is 19.6 Å². The summed E-state index contributed by atoms with van der Waals surface area (Å²) in [7, 11) is 0. The maximum atomic E-state index is 2.71. The minimum atomic E-state index is 0.331. The van der Waals surface area contributed by atoms with Gasteiger partial charge in [-0.2, -0.15) is 0 Å². The van der Waals surface area contributed by atoms with Gasteiger partial charge in [-0.1, -0.05) is 72.8 Å². The number of anilines is 4. The summed E-state index contributed by atoms with van der Waals surface area (Å²) in [5.74, 6) is 4.48. The summed E-state index contributed by atoms with van der Waals surface area (Å²) in [6, 6.07) is 37.6. The van der Waals surface area contributed by atoms with Gasteiger partial charge in [-0.15, -0.1) is 0 Å². The van der Waals surface area contributed by atoms with Gasteiger partial charge < -0.3 is 19.6 Å². The van der Waals surface area contributed by atoms with Gasteiger partial charge >= 0.3 is 0 Å². The zero-order valence-corrected chi connectivity index (χ0v) is 24.9. The van der Waals surface area contributed by atoms with Gasteiger partial charge in [-0.25, -0.2) is 0 Å². The van der Waals surface area contributed by atoms with Gasteiger partial charge in [-0.05, 0) is 86.1 Å². The first-order valence-corrected chi connectivity index (χ1v) is 15.8. The molecule has 42 heavy (non-hydrogen) atoms.